The SMILES string of the molecule is CCCN(C(=O)CC)C1CCCC1. The summed E-state index contributed by atoms with van der Waals surface area (Å²) in [5.74, 6) is 0.341. The van der Waals surface area contributed by atoms with Gasteiger partial charge in [0.2, 0.25) is 5.91 Å². The van der Waals surface area contributed by atoms with Crippen LogP contribution >= 0.6 is 0 Å². The van der Waals surface area contributed by atoms with Crippen LogP contribution < -0.4 is 0 Å². The molecule has 0 N–H and O–H groups in total. The smallest absolute Gasteiger partial charge is 0.222 e. The molecule has 76 valence electrons. The summed E-state index contributed by atoms with van der Waals surface area (Å²) in [6.45, 7) is 5.06. The van der Waals surface area contributed by atoms with Crippen LogP contribution in [0.3, 0.4) is 0 Å². The molecule has 0 spiro atoms. The lowest BCUT2D eigenvalue weighted by atomic mass is 10.2. The van der Waals surface area contributed by atoms with Crippen molar-refractivity contribution in [2.24, 2.45) is 0 Å². The molecular formula is C11H21NO. The van der Waals surface area contributed by atoms with E-state index in [-0.39, 0.29) is 0 Å². The average Bonchev–Trinajstić information content (AvgIpc) is 2.65. The molecule has 13 heavy (non-hydrogen) atoms. The summed E-state index contributed by atoms with van der Waals surface area (Å²) in [6.07, 6.45) is 6.82. The molecule has 1 fully saturated rings. The van der Waals surface area contributed by atoms with Crippen LogP contribution in [-0.4, -0.2) is 23.4 Å². The lowest BCUT2D eigenvalue weighted by Gasteiger charge is -2.28. The molecule has 0 aromatic carbocycles. The van der Waals surface area contributed by atoms with Gasteiger partial charge in [-0.2, -0.15) is 0 Å². The van der Waals surface area contributed by atoms with Gasteiger partial charge >= 0.3 is 0 Å². The lowest BCUT2D eigenvalue weighted by molar-refractivity contribution is -0.133. The number of carbonyl (C=O) groups is 1. The number of hydrogen-bond acceptors (Lipinski definition) is 1. The number of hydrogen-bond donors (Lipinski definition) is 0. The van der Waals surface area contributed by atoms with Gasteiger partial charge in [0.1, 0.15) is 0 Å². The van der Waals surface area contributed by atoms with E-state index in [1.165, 1.54) is 25.7 Å². The third-order valence-electron chi connectivity index (χ3n) is 2.85. The minimum atomic E-state index is 0.341. The third-order valence-corrected chi connectivity index (χ3v) is 2.85. The molecule has 0 saturated heterocycles. The Bertz CT molecular complexity index is 161. The first-order valence-corrected chi connectivity index (χ1v) is 5.59. The monoisotopic (exact) mass is 183 g/mol. The van der Waals surface area contributed by atoms with Crippen LogP contribution in [0, 0.1) is 0 Å². The highest BCUT2D eigenvalue weighted by molar-refractivity contribution is 5.76. The second kappa shape index (κ2) is 5.25. The Morgan fingerprint density at radius 3 is 2.38 bits per heavy atom. The fraction of sp³-hybridized carbons (Fsp3) is 0.909. The second-order valence-electron chi connectivity index (χ2n) is 3.88. The zero-order valence-electron chi connectivity index (χ0n) is 8.88. The highest BCUT2D eigenvalue weighted by Crippen LogP contribution is 2.24. The number of carbonyl (C=O) groups excluding carboxylic acids is 1. The van der Waals surface area contributed by atoms with Crippen LogP contribution in [0.4, 0.5) is 0 Å². The van der Waals surface area contributed by atoms with Gasteiger partial charge in [0, 0.05) is 19.0 Å². The molecule has 0 bridgehead atoms. The van der Waals surface area contributed by atoms with Gasteiger partial charge in [-0.1, -0.05) is 26.7 Å². The van der Waals surface area contributed by atoms with E-state index in [1.807, 2.05) is 6.92 Å². The Kier molecular flexibility index (Phi) is 4.26. The van der Waals surface area contributed by atoms with Gasteiger partial charge < -0.3 is 4.90 Å². The fourth-order valence-corrected chi connectivity index (χ4v) is 2.17. The zero-order chi connectivity index (χ0) is 9.68. The molecule has 1 aliphatic carbocycles. The Labute approximate surface area is 81.3 Å². The molecule has 0 aromatic rings. The van der Waals surface area contributed by atoms with Crippen LogP contribution in [0.2, 0.25) is 0 Å². The van der Waals surface area contributed by atoms with Gasteiger partial charge in [0.15, 0.2) is 0 Å². The summed E-state index contributed by atoms with van der Waals surface area (Å²) in [5, 5.41) is 0. The molecule has 0 heterocycles. The highest BCUT2D eigenvalue weighted by Gasteiger charge is 2.24. The molecule has 0 unspecified atom stereocenters. The van der Waals surface area contributed by atoms with E-state index < -0.39 is 0 Å². The van der Waals surface area contributed by atoms with Crippen molar-refractivity contribution in [3.8, 4) is 0 Å². The van der Waals surface area contributed by atoms with E-state index in [1.54, 1.807) is 0 Å². The fourth-order valence-electron chi connectivity index (χ4n) is 2.17. The maximum Gasteiger partial charge on any atom is 0.222 e. The average molecular weight is 183 g/mol. The van der Waals surface area contributed by atoms with Gasteiger partial charge in [-0.25, -0.2) is 0 Å². The van der Waals surface area contributed by atoms with Crippen molar-refractivity contribution in [3.05, 3.63) is 0 Å². The molecule has 0 aliphatic heterocycles. The predicted octanol–water partition coefficient (Wildman–Crippen LogP) is 2.58. The van der Waals surface area contributed by atoms with Crippen molar-refractivity contribution >= 4 is 5.91 Å². The minimum Gasteiger partial charge on any atom is -0.340 e. The predicted molar refractivity (Wildman–Crippen MR) is 54.6 cm³/mol. The molecule has 1 rings (SSSR count). The van der Waals surface area contributed by atoms with Gasteiger partial charge in [-0.05, 0) is 19.3 Å². The number of rotatable bonds is 4. The Balaban J connectivity index is 2.49. The molecule has 1 aliphatic rings. The van der Waals surface area contributed by atoms with Crippen LogP contribution in [0.1, 0.15) is 52.4 Å². The largest absolute Gasteiger partial charge is 0.340 e. The molecule has 2 nitrogen and oxygen atoms in total. The van der Waals surface area contributed by atoms with E-state index in [0.717, 1.165) is 13.0 Å². The topological polar surface area (TPSA) is 20.3 Å². The summed E-state index contributed by atoms with van der Waals surface area (Å²) in [7, 11) is 0. The van der Waals surface area contributed by atoms with Crippen LogP contribution in [0.5, 0.6) is 0 Å². The first-order valence-electron chi connectivity index (χ1n) is 5.59. The van der Waals surface area contributed by atoms with Crippen molar-refractivity contribution in [2.75, 3.05) is 6.54 Å². The van der Waals surface area contributed by atoms with Crippen LogP contribution in [0.25, 0.3) is 0 Å². The first-order chi connectivity index (χ1) is 6.29. The molecular weight excluding hydrogens is 162 g/mol. The van der Waals surface area contributed by atoms with Crippen molar-refractivity contribution in [1.29, 1.82) is 0 Å². The van der Waals surface area contributed by atoms with Gasteiger partial charge in [-0.3, -0.25) is 4.79 Å². The van der Waals surface area contributed by atoms with Gasteiger partial charge in [-0.15, -0.1) is 0 Å². The van der Waals surface area contributed by atoms with E-state index in [0.29, 0.717) is 18.4 Å². The van der Waals surface area contributed by atoms with E-state index in [2.05, 4.69) is 11.8 Å². The Morgan fingerprint density at radius 1 is 1.31 bits per heavy atom. The normalized spacial score (nSPS) is 17.7. The molecule has 0 radical (unpaired) electrons. The van der Waals surface area contributed by atoms with Crippen molar-refractivity contribution in [1.82, 2.24) is 4.90 Å². The summed E-state index contributed by atoms with van der Waals surface area (Å²) in [6, 6.07) is 0.562. The lowest BCUT2D eigenvalue weighted by Crippen LogP contribution is -2.38. The molecule has 1 saturated carbocycles. The van der Waals surface area contributed by atoms with Crippen molar-refractivity contribution < 1.29 is 4.79 Å². The first kappa shape index (κ1) is 10.6. The Morgan fingerprint density at radius 2 is 1.92 bits per heavy atom. The van der Waals surface area contributed by atoms with Crippen molar-refractivity contribution in [2.45, 2.75) is 58.4 Å². The molecule has 0 atom stereocenters. The highest BCUT2D eigenvalue weighted by atomic mass is 16.2. The third kappa shape index (κ3) is 2.71. The summed E-state index contributed by atoms with van der Waals surface area (Å²) in [5.41, 5.74) is 0. The van der Waals surface area contributed by atoms with E-state index >= 15 is 0 Å². The number of nitrogens with zero attached hydrogens (tertiary/aromatic N) is 1. The summed E-state index contributed by atoms with van der Waals surface area (Å²) < 4.78 is 0. The molecule has 0 aromatic heterocycles. The van der Waals surface area contributed by atoms with Crippen LogP contribution in [-0.2, 0) is 4.79 Å². The van der Waals surface area contributed by atoms with E-state index in [9.17, 15) is 4.79 Å². The summed E-state index contributed by atoms with van der Waals surface area (Å²) >= 11 is 0. The quantitative estimate of drug-likeness (QED) is 0.656. The van der Waals surface area contributed by atoms with E-state index in [4.69, 9.17) is 0 Å². The minimum absolute atomic E-state index is 0.341. The number of amides is 1. The summed E-state index contributed by atoms with van der Waals surface area (Å²) in [4.78, 5) is 13.7. The van der Waals surface area contributed by atoms with Crippen molar-refractivity contribution in [3.63, 3.8) is 0 Å². The molecule has 2 heteroatoms. The standard InChI is InChI=1S/C11H21NO/c1-3-9-12(11(13)4-2)10-7-5-6-8-10/h10H,3-9H2,1-2H3. The zero-order valence-corrected chi connectivity index (χ0v) is 8.88. The maximum atomic E-state index is 11.6. The second-order valence-corrected chi connectivity index (χ2v) is 3.88. The molecule has 1 amide bonds. The van der Waals surface area contributed by atoms with Gasteiger partial charge in [0.25, 0.3) is 0 Å². The Hall–Kier alpha value is -0.530. The maximum absolute atomic E-state index is 11.6. The van der Waals surface area contributed by atoms with Gasteiger partial charge in [0.05, 0.1) is 0 Å². The van der Waals surface area contributed by atoms with Crippen LogP contribution in [0.15, 0.2) is 0 Å².